The van der Waals surface area contributed by atoms with Gasteiger partial charge in [-0.3, -0.25) is 14.4 Å². The second kappa shape index (κ2) is 47.5. The summed E-state index contributed by atoms with van der Waals surface area (Å²) < 4.78 is 16.7. The van der Waals surface area contributed by atoms with Gasteiger partial charge in [-0.2, -0.15) is 0 Å². The first kappa shape index (κ1) is 55.9. The van der Waals surface area contributed by atoms with Gasteiger partial charge in [0.05, 0.1) is 0 Å². The summed E-state index contributed by atoms with van der Waals surface area (Å²) in [5.74, 6) is -0.950. The van der Waals surface area contributed by atoms with Crippen LogP contribution in [0.15, 0.2) is 72.9 Å². The third-order valence-electron chi connectivity index (χ3n) is 10.3. The summed E-state index contributed by atoms with van der Waals surface area (Å²) >= 11 is 0. The van der Waals surface area contributed by atoms with Crippen molar-refractivity contribution in [2.45, 2.75) is 232 Å². The van der Waals surface area contributed by atoms with Crippen LogP contribution >= 0.6 is 0 Å². The largest absolute Gasteiger partial charge is 0.462 e. The van der Waals surface area contributed by atoms with E-state index in [2.05, 4.69) is 57.2 Å². The molecule has 0 spiro atoms. The van der Waals surface area contributed by atoms with Crippen LogP contribution in [0.3, 0.4) is 0 Å². The molecule has 0 heterocycles. The third kappa shape index (κ3) is 45.8. The highest BCUT2D eigenvalue weighted by atomic mass is 16.6. The fourth-order valence-corrected chi connectivity index (χ4v) is 6.67. The Morgan fingerprint density at radius 3 is 1.24 bits per heavy atom. The van der Waals surface area contributed by atoms with Crippen LogP contribution in [0.1, 0.15) is 226 Å². The number of rotatable bonds is 43. The van der Waals surface area contributed by atoms with E-state index in [1.54, 1.807) is 0 Å². The number of hydrogen-bond acceptors (Lipinski definition) is 6. The molecular weight excluding hydrogens is 733 g/mol. The molecule has 1 unspecified atom stereocenters. The molecule has 0 radical (unpaired) electrons. The minimum atomic E-state index is -0.798. The van der Waals surface area contributed by atoms with Gasteiger partial charge < -0.3 is 14.2 Å². The van der Waals surface area contributed by atoms with Crippen LogP contribution in [-0.2, 0) is 28.6 Å². The zero-order valence-electron chi connectivity index (χ0n) is 38.5. The second-order valence-electron chi connectivity index (χ2n) is 16.1. The Morgan fingerprint density at radius 2 is 0.746 bits per heavy atom. The summed E-state index contributed by atoms with van der Waals surface area (Å²) in [7, 11) is 0. The Balaban J connectivity index is 4.42. The topological polar surface area (TPSA) is 78.9 Å². The van der Waals surface area contributed by atoms with Gasteiger partial charge in [-0.05, 0) is 64.2 Å². The molecule has 0 N–H and O–H groups in total. The van der Waals surface area contributed by atoms with Crippen molar-refractivity contribution in [3.8, 4) is 0 Å². The Labute approximate surface area is 363 Å². The van der Waals surface area contributed by atoms with Gasteiger partial charge in [0.1, 0.15) is 13.2 Å². The molecule has 0 aromatic carbocycles. The molecule has 6 nitrogen and oxygen atoms in total. The predicted molar refractivity (Wildman–Crippen MR) is 251 cm³/mol. The van der Waals surface area contributed by atoms with Crippen molar-refractivity contribution in [1.82, 2.24) is 0 Å². The molecule has 0 saturated heterocycles. The van der Waals surface area contributed by atoms with Gasteiger partial charge in [0.2, 0.25) is 0 Å². The SMILES string of the molecule is CC\C=C/C=C\C=C/C=C\CCCCCC(=O)OC(COC(=O)CCCCCCC/C=C\C/C=C\CC)COC(=O)CCCCCCCCCCCCCCCCCC. The molecule has 0 fully saturated rings. The van der Waals surface area contributed by atoms with E-state index in [0.717, 1.165) is 96.3 Å². The van der Waals surface area contributed by atoms with Crippen molar-refractivity contribution in [2.24, 2.45) is 0 Å². The molecule has 1 atom stereocenters. The molecule has 0 saturated carbocycles. The highest BCUT2D eigenvalue weighted by molar-refractivity contribution is 5.71. The minimum Gasteiger partial charge on any atom is -0.462 e. The summed E-state index contributed by atoms with van der Waals surface area (Å²) in [5.41, 5.74) is 0. The summed E-state index contributed by atoms with van der Waals surface area (Å²) in [6.07, 6.45) is 58.9. The average Bonchev–Trinajstić information content (AvgIpc) is 3.23. The van der Waals surface area contributed by atoms with Gasteiger partial charge in [-0.1, -0.05) is 216 Å². The number of esters is 3. The standard InChI is InChI=1S/C53H90O6/c1-4-7-10-13-16-19-22-25-26-27-29-31-34-37-40-43-46-52(55)58-49-50(48-57-51(54)45-42-39-36-33-30-24-21-18-15-12-9-6-3)59-53(56)47-44-41-38-35-32-28-23-20-17-14-11-8-5-2/h8-9,11-12,14,17-18,20-21,23,28,32,50H,4-7,10,13,15-16,19,22,24-27,29-31,33-49H2,1-3H3/b11-8-,12-9-,17-14-,21-18-,23-20-,32-28-. The van der Waals surface area contributed by atoms with Gasteiger partial charge in [0.25, 0.3) is 0 Å². The maximum absolute atomic E-state index is 12.7. The number of allylic oxidation sites excluding steroid dienone is 12. The molecule has 0 aliphatic heterocycles. The fourth-order valence-electron chi connectivity index (χ4n) is 6.67. The van der Waals surface area contributed by atoms with Crippen molar-refractivity contribution in [3.05, 3.63) is 72.9 Å². The summed E-state index contributed by atoms with van der Waals surface area (Å²) in [5, 5.41) is 0. The first-order chi connectivity index (χ1) is 29.0. The van der Waals surface area contributed by atoms with E-state index >= 15 is 0 Å². The molecule has 0 aromatic rings. The molecule has 338 valence electrons. The van der Waals surface area contributed by atoms with Crippen molar-refractivity contribution in [2.75, 3.05) is 13.2 Å². The van der Waals surface area contributed by atoms with E-state index in [1.807, 2.05) is 36.5 Å². The molecule has 0 aliphatic carbocycles. The highest BCUT2D eigenvalue weighted by Crippen LogP contribution is 2.15. The summed E-state index contributed by atoms with van der Waals surface area (Å²) in [6, 6.07) is 0. The Hall–Kier alpha value is -3.15. The molecular formula is C53H90O6. The average molecular weight is 823 g/mol. The zero-order valence-corrected chi connectivity index (χ0v) is 38.5. The molecule has 59 heavy (non-hydrogen) atoms. The number of ether oxygens (including phenoxy) is 3. The normalized spacial score (nSPS) is 12.7. The van der Waals surface area contributed by atoms with E-state index in [4.69, 9.17) is 14.2 Å². The highest BCUT2D eigenvalue weighted by Gasteiger charge is 2.19. The van der Waals surface area contributed by atoms with E-state index in [-0.39, 0.29) is 37.5 Å². The number of hydrogen-bond donors (Lipinski definition) is 0. The van der Waals surface area contributed by atoms with Crippen LogP contribution in [0, 0.1) is 0 Å². The maximum Gasteiger partial charge on any atom is 0.306 e. The summed E-state index contributed by atoms with van der Waals surface area (Å²) in [4.78, 5) is 37.8. The van der Waals surface area contributed by atoms with Crippen molar-refractivity contribution in [3.63, 3.8) is 0 Å². The van der Waals surface area contributed by atoms with Crippen LogP contribution in [-0.4, -0.2) is 37.2 Å². The molecule has 0 aromatic heterocycles. The molecule has 0 amide bonds. The number of carbonyl (C=O) groups excluding carboxylic acids is 3. The van der Waals surface area contributed by atoms with Crippen LogP contribution in [0.25, 0.3) is 0 Å². The summed E-state index contributed by atoms with van der Waals surface area (Å²) in [6.45, 7) is 6.34. The monoisotopic (exact) mass is 823 g/mol. The second-order valence-corrected chi connectivity index (χ2v) is 16.1. The molecule has 6 heteroatoms. The van der Waals surface area contributed by atoms with Gasteiger partial charge in [-0.15, -0.1) is 0 Å². The van der Waals surface area contributed by atoms with Crippen LogP contribution < -0.4 is 0 Å². The lowest BCUT2D eigenvalue weighted by Gasteiger charge is -2.18. The molecule has 0 bridgehead atoms. The molecule has 0 aliphatic rings. The van der Waals surface area contributed by atoms with Gasteiger partial charge in [-0.25, -0.2) is 0 Å². The predicted octanol–water partition coefficient (Wildman–Crippen LogP) is 15.9. The van der Waals surface area contributed by atoms with Crippen molar-refractivity contribution >= 4 is 17.9 Å². The Bertz CT molecular complexity index is 1130. The lowest BCUT2D eigenvalue weighted by atomic mass is 10.0. The quantitative estimate of drug-likeness (QED) is 0.0200. The van der Waals surface area contributed by atoms with Crippen LogP contribution in [0.2, 0.25) is 0 Å². The van der Waals surface area contributed by atoms with E-state index < -0.39 is 6.10 Å². The van der Waals surface area contributed by atoms with E-state index in [1.165, 1.54) is 83.5 Å². The van der Waals surface area contributed by atoms with E-state index in [9.17, 15) is 14.4 Å². The lowest BCUT2D eigenvalue weighted by Crippen LogP contribution is -2.30. The Kier molecular flexibility index (Phi) is 45.0. The van der Waals surface area contributed by atoms with E-state index in [0.29, 0.717) is 19.3 Å². The maximum atomic E-state index is 12.7. The van der Waals surface area contributed by atoms with Crippen LogP contribution in [0.4, 0.5) is 0 Å². The van der Waals surface area contributed by atoms with Crippen molar-refractivity contribution < 1.29 is 28.6 Å². The lowest BCUT2D eigenvalue weighted by molar-refractivity contribution is -0.167. The first-order valence-corrected chi connectivity index (χ1v) is 24.5. The molecule has 0 rings (SSSR count). The van der Waals surface area contributed by atoms with Crippen molar-refractivity contribution in [1.29, 1.82) is 0 Å². The van der Waals surface area contributed by atoms with Gasteiger partial charge >= 0.3 is 17.9 Å². The van der Waals surface area contributed by atoms with Gasteiger partial charge in [0.15, 0.2) is 6.10 Å². The smallest absolute Gasteiger partial charge is 0.306 e. The fraction of sp³-hybridized carbons (Fsp3) is 0.717. The number of carbonyl (C=O) groups is 3. The zero-order chi connectivity index (χ0) is 43.0. The van der Waals surface area contributed by atoms with Gasteiger partial charge in [0, 0.05) is 19.3 Å². The minimum absolute atomic E-state index is 0.0948. The Morgan fingerprint density at radius 1 is 0.373 bits per heavy atom. The van der Waals surface area contributed by atoms with Crippen LogP contribution in [0.5, 0.6) is 0 Å². The number of unbranched alkanes of at least 4 members (excludes halogenated alkanes) is 23. The first-order valence-electron chi connectivity index (χ1n) is 24.5. The third-order valence-corrected chi connectivity index (χ3v) is 10.3.